The number of carbonyl (C=O) groups is 1. The summed E-state index contributed by atoms with van der Waals surface area (Å²) < 4.78 is 10.5. The van der Waals surface area contributed by atoms with E-state index >= 15 is 0 Å². The number of ether oxygens (including phenoxy) is 2. The maximum atomic E-state index is 11.3. The van der Waals surface area contributed by atoms with Crippen molar-refractivity contribution < 1.29 is 19.4 Å². The smallest absolute Gasteiger partial charge is 0.217 e. The summed E-state index contributed by atoms with van der Waals surface area (Å²) in [6.07, 6.45) is 0. The number of carbonyl (C=O) groups excluding carboxylic acids is 1. The third-order valence-electron chi connectivity index (χ3n) is 4.10. The average molecular weight is 343 g/mol. The molecule has 2 rings (SSSR count). The van der Waals surface area contributed by atoms with Crippen molar-refractivity contribution in [2.75, 3.05) is 33.9 Å². The van der Waals surface area contributed by atoms with Gasteiger partial charge in [0.15, 0.2) is 11.5 Å². The van der Waals surface area contributed by atoms with Crippen molar-refractivity contribution in [3.8, 4) is 11.5 Å². The molecule has 0 saturated carbocycles. The molecule has 2 N–H and O–H groups in total. The number of hydrogen-bond donors (Lipinski definition) is 2. The maximum absolute atomic E-state index is 11.3. The Morgan fingerprint density at radius 3 is 2.70 bits per heavy atom. The Morgan fingerprint density at radius 2 is 2.13 bits per heavy atom. The van der Waals surface area contributed by atoms with Gasteiger partial charge in [0.05, 0.1) is 19.2 Å². The van der Waals surface area contributed by atoms with Crippen molar-refractivity contribution in [3.05, 3.63) is 22.7 Å². The SMILES string of the molecule is COc1ccc(CN2C[C@@H](CO)[C@H](NC(C)=O)C2)c(Cl)c1OC. The lowest BCUT2D eigenvalue weighted by Gasteiger charge is -2.19. The second-order valence-corrected chi connectivity index (χ2v) is 6.10. The van der Waals surface area contributed by atoms with Crippen molar-refractivity contribution >= 4 is 17.5 Å². The number of benzene rings is 1. The van der Waals surface area contributed by atoms with Gasteiger partial charge in [0.2, 0.25) is 5.91 Å². The summed E-state index contributed by atoms with van der Waals surface area (Å²) in [6.45, 7) is 3.52. The Kier molecular flexibility index (Phi) is 6.10. The van der Waals surface area contributed by atoms with Crippen LogP contribution in [0, 0.1) is 5.92 Å². The summed E-state index contributed by atoms with van der Waals surface area (Å²) in [5, 5.41) is 12.9. The fourth-order valence-electron chi connectivity index (χ4n) is 2.99. The molecule has 1 saturated heterocycles. The Balaban J connectivity index is 2.12. The van der Waals surface area contributed by atoms with Gasteiger partial charge in [-0.3, -0.25) is 9.69 Å². The third kappa shape index (κ3) is 4.07. The van der Waals surface area contributed by atoms with E-state index < -0.39 is 0 Å². The zero-order valence-electron chi connectivity index (χ0n) is 13.6. The van der Waals surface area contributed by atoms with E-state index in [1.807, 2.05) is 12.1 Å². The van der Waals surface area contributed by atoms with E-state index in [4.69, 9.17) is 21.1 Å². The van der Waals surface area contributed by atoms with Crippen LogP contribution in [-0.4, -0.2) is 55.9 Å². The molecule has 1 aliphatic rings. The molecule has 2 atom stereocenters. The van der Waals surface area contributed by atoms with E-state index in [1.165, 1.54) is 6.92 Å². The number of aliphatic hydroxyl groups excluding tert-OH is 1. The zero-order chi connectivity index (χ0) is 17.0. The Bertz CT molecular complexity index is 567. The van der Waals surface area contributed by atoms with E-state index in [0.29, 0.717) is 36.2 Å². The molecular weight excluding hydrogens is 320 g/mol. The van der Waals surface area contributed by atoms with Crippen molar-refractivity contribution in [1.82, 2.24) is 10.2 Å². The van der Waals surface area contributed by atoms with Crippen LogP contribution in [0.4, 0.5) is 0 Å². The highest BCUT2D eigenvalue weighted by Gasteiger charge is 2.33. The topological polar surface area (TPSA) is 71.0 Å². The number of hydrogen-bond acceptors (Lipinski definition) is 5. The predicted molar refractivity (Wildman–Crippen MR) is 88.0 cm³/mol. The molecule has 0 spiro atoms. The number of amides is 1. The maximum Gasteiger partial charge on any atom is 0.217 e. The lowest BCUT2D eigenvalue weighted by Crippen LogP contribution is -2.40. The fraction of sp³-hybridized carbons (Fsp3) is 0.562. The van der Waals surface area contributed by atoms with Crippen LogP contribution < -0.4 is 14.8 Å². The Morgan fingerprint density at radius 1 is 1.39 bits per heavy atom. The highest BCUT2D eigenvalue weighted by Crippen LogP contribution is 2.38. The summed E-state index contributed by atoms with van der Waals surface area (Å²) in [6, 6.07) is 3.69. The molecule has 1 aromatic rings. The van der Waals surface area contributed by atoms with E-state index in [-0.39, 0.29) is 24.5 Å². The van der Waals surface area contributed by atoms with Crippen LogP contribution in [0.25, 0.3) is 0 Å². The monoisotopic (exact) mass is 342 g/mol. The van der Waals surface area contributed by atoms with Crippen molar-refractivity contribution in [2.24, 2.45) is 5.92 Å². The van der Waals surface area contributed by atoms with Gasteiger partial charge in [-0.15, -0.1) is 0 Å². The van der Waals surface area contributed by atoms with Crippen LogP contribution in [-0.2, 0) is 11.3 Å². The second-order valence-electron chi connectivity index (χ2n) is 5.72. The lowest BCUT2D eigenvalue weighted by molar-refractivity contribution is -0.119. The molecule has 1 aliphatic heterocycles. The van der Waals surface area contributed by atoms with Crippen LogP contribution >= 0.6 is 11.6 Å². The fourth-order valence-corrected chi connectivity index (χ4v) is 3.29. The van der Waals surface area contributed by atoms with Gasteiger partial charge in [0.1, 0.15) is 0 Å². The summed E-state index contributed by atoms with van der Waals surface area (Å²) in [7, 11) is 3.12. The standard InChI is InChI=1S/C16H23ClN2O4/c1-10(21)18-13-8-19(7-12(13)9-20)6-11-4-5-14(22-2)16(23-3)15(11)17/h4-5,12-13,20H,6-9H2,1-3H3,(H,18,21)/t12-,13+/m0/s1. The molecule has 1 amide bonds. The number of aliphatic hydroxyl groups is 1. The summed E-state index contributed by atoms with van der Waals surface area (Å²) in [5.41, 5.74) is 0.921. The van der Waals surface area contributed by atoms with Crippen molar-refractivity contribution in [1.29, 1.82) is 0 Å². The minimum atomic E-state index is -0.0838. The number of nitrogens with zero attached hydrogens (tertiary/aromatic N) is 1. The summed E-state index contributed by atoms with van der Waals surface area (Å²) in [5.74, 6) is 1.05. The molecule has 1 heterocycles. The molecule has 1 fully saturated rings. The highest BCUT2D eigenvalue weighted by molar-refractivity contribution is 6.33. The normalized spacial score (nSPS) is 21.3. The number of halogens is 1. The molecule has 23 heavy (non-hydrogen) atoms. The van der Waals surface area contributed by atoms with Gasteiger partial charge in [0, 0.05) is 45.1 Å². The molecule has 128 valence electrons. The molecule has 0 aliphatic carbocycles. The van der Waals surface area contributed by atoms with Gasteiger partial charge in [-0.2, -0.15) is 0 Å². The summed E-state index contributed by atoms with van der Waals surface area (Å²) >= 11 is 6.41. The predicted octanol–water partition coefficient (Wildman–Crippen LogP) is 1.29. The molecule has 0 bridgehead atoms. The van der Waals surface area contributed by atoms with Crippen LogP contribution in [0.5, 0.6) is 11.5 Å². The first-order valence-electron chi connectivity index (χ1n) is 7.49. The Labute approximate surface area is 141 Å². The number of likely N-dealkylation sites (tertiary alicyclic amines) is 1. The molecule has 0 radical (unpaired) electrons. The quantitative estimate of drug-likeness (QED) is 0.815. The van der Waals surface area contributed by atoms with E-state index in [1.54, 1.807) is 14.2 Å². The van der Waals surface area contributed by atoms with Crippen molar-refractivity contribution in [3.63, 3.8) is 0 Å². The molecule has 1 aromatic carbocycles. The van der Waals surface area contributed by atoms with Gasteiger partial charge in [-0.1, -0.05) is 17.7 Å². The van der Waals surface area contributed by atoms with Crippen LogP contribution in [0.1, 0.15) is 12.5 Å². The van der Waals surface area contributed by atoms with Gasteiger partial charge in [-0.05, 0) is 11.6 Å². The number of nitrogens with one attached hydrogen (secondary N) is 1. The zero-order valence-corrected chi connectivity index (χ0v) is 14.4. The average Bonchev–Trinajstić information content (AvgIpc) is 2.89. The van der Waals surface area contributed by atoms with Crippen molar-refractivity contribution in [2.45, 2.75) is 19.5 Å². The Hall–Kier alpha value is -1.50. The first kappa shape index (κ1) is 17.8. The highest BCUT2D eigenvalue weighted by atomic mass is 35.5. The lowest BCUT2D eigenvalue weighted by atomic mass is 10.1. The van der Waals surface area contributed by atoms with E-state index in [9.17, 15) is 9.90 Å². The van der Waals surface area contributed by atoms with E-state index in [2.05, 4.69) is 10.2 Å². The van der Waals surface area contributed by atoms with Gasteiger partial charge in [-0.25, -0.2) is 0 Å². The molecule has 0 unspecified atom stereocenters. The summed E-state index contributed by atoms with van der Waals surface area (Å²) in [4.78, 5) is 13.4. The molecular formula is C16H23ClN2O4. The molecule has 7 heteroatoms. The number of methoxy groups -OCH3 is 2. The first-order valence-corrected chi connectivity index (χ1v) is 7.87. The van der Waals surface area contributed by atoms with Gasteiger partial charge >= 0.3 is 0 Å². The van der Waals surface area contributed by atoms with Crippen LogP contribution in [0.3, 0.4) is 0 Å². The second kappa shape index (κ2) is 7.86. The minimum Gasteiger partial charge on any atom is -0.493 e. The molecule has 0 aromatic heterocycles. The minimum absolute atomic E-state index is 0.0258. The third-order valence-corrected chi connectivity index (χ3v) is 4.51. The molecule has 6 nitrogen and oxygen atoms in total. The largest absolute Gasteiger partial charge is 0.493 e. The first-order chi connectivity index (χ1) is 11.0. The van der Waals surface area contributed by atoms with E-state index in [0.717, 1.165) is 5.56 Å². The van der Waals surface area contributed by atoms with Gasteiger partial charge in [0.25, 0.3) is 0 Å². The van der Waals surface area contributed by atoms with Crippen LogP contribution in [0.2, 0.25) is 5.02 Å². The van der Waals surface area contributed by atoms with Gasteiger partial charge < -0.3 is 19.9 Å². The number of rotatable bonds is 6. The van der Waals surface area contributed by atoms with Crippen LogP contribution in [0.15, 0.2) is 12.1 Å².